The predicted octanol–water partition coefficient (Wildman–Crippen LogP) is 0.397. The van der Waals surface area contributed by atoms with Gasteiger partial charge in [-0.3, -0.25) is 5.09 Å². The van der Waals surface area contributed by atoms with Crippen LogP contribution in [0.15, 0.2) is 0 Å². The molecule has 2 N–H and O–H groups in total. The zero-order chi connectivity index (χ0) is 10.6. The molecule has 0 heterocycles. The van der Waals surface area contributed by atoms with Gasteiger partial charge >= 0.3 is 0 Å². The van der Waals surface area contributed by atoms with Gasteiger partial charge in [-0.05, 0) is 0 Å². The van der Waals surface area contributed by atoms with Crippen molar-refractivity contribution >= 4 is 9.39 Å². The molecule has 0 aromatic carbocycles. The lowest BCUT2D eigenvalue weighted by Gasteiger charge is -2.08. The molecule has 0 saturated heterocycles. The second-order valence-electron chi connectivity index (χ2n) is 3.29. The highest BCUT2D eigenvalue weighted by atomic mass is 31.0. The topological polar surface area (TPSA) is 42.5 Å². The van der Waals surface area contributed by atoms with E-state index in [4.69, 9.17) is 9.47 Å². The summed E-state index contributed by atoms with van der Waals surface area (Å²) in [5.41, 5.74) is 0. The van der Waals surface area contributed by atoms with Gasteiger partial charge in [0.25, 0.3) is 0 Å². The monoisotopic (exact) mass is 222 g/mol. The number of nitrogens with one attached hydrogen (secondary N) is 2. The quantitative estimate of drug-likeness (QED) is 0.415. The molecular weight excluding hydrogens is 199 g/mol. The van der Waals surface area contributed by atoms with Crippen LogP contribution in [0.3, 0.4) is 0 Å². The number of hydrogen-bond donors (Lipinski definition) is 2. The molecule has 0 spiro atoms. The number of ether oxygens (including phenoxy) is 2. The Morgan fingerprint density at radius 3 is 2.07 bits per heavy atom. The van der Waals surface area contributed by atoms with Gasteiger partial charge in [0.15, 0.2) is 0 Å². The highest BCUT2D eigenvalue weighted by Gasteiger charge is 1.92. The van der Waals surface area contributed by atoms with E-state index in [9.17, 15) is 0 Å². The van der Waals surface area contributed by atoms with Crippen molar-refractivity contribution in [3.63, 3.8) is 0 Å². The summed E-state index contributed by atoms with van der Waals surface area (Å²) in [5.74, 6) is 0. The van der Waals surface area contributed by atoms with Gasteiger partial charge in [-0.15, -0.1) is 0 Å². The van der Waals surface area contributed by atoms with Crippen LogP contribution < -0.4 is 10.4 Å². The van der Waals surface area contributed by atoms with E-state index in [1.807, 2.05) is 0 Å². The van der Waals surface area contributed by atoms with Crippen molar-refractivity contribution in [1.29, 1.82) is 0 Å². The molecule has 4 nitrogen and oxygen atoms in total. The molecule has 86 valence electrons. The Hall–Kier alpha value is 0.270. The van der Waals surface area contributed by atoms with Gasteiger partial charge in [0.1, 0.15) is 0 Å². The van der Waals surface area contributed by atoms with Crippen molar-refractivity contribution in [3.05, 3.63) is 0 Å². The first-order valence-corrected chi connectivity index (χ1v) is 5.67. The Morgan fingerprint density at radius 1 is 1.00 bits per heavy atom. The minimum absolute atomic E-state index is 0.531. The Kier molecular flexibility index (Phi) is 11.6. The molecule has 0 bridgehead atoms. The number of rotatable bonds is 10. The van der Waals surface area contributed by atoms with Crippen LogP contribution in [0.2, 0.25) is 0 Å². The van der Waals surface area contributed by atoms with Gasteiger partial charge < -0.3 is 14.8 Å². The summed E-state index contributed by atoms with van der Waals surface area (Å²) < 4.78 is 10.6. The standard InChI is InChI=1S/C9H23N2O2P/c1-9(2)10-3-5-12-7-8-13-6-4-11-14/h9-11H,3-8,14H2,1-2H3. The van der Waals surface area contributed by atoms with Crippen LogP contribution in [0.1, 0.15) is 13.8 Å². The highest BCUT2D eigenvalue weighted by molar-refractivity contribution is 7.13. The van der Waals surface area contributed by atoms with Crippen LogP contribution in [-0.2, 0) is 9.47 Å². The van der Waals surface area contributed by atoms with Crippen molar-refractivity contribution < 1.29 is 9.47 Å². The summed E-state index contributed by atoms with van der Waals surface area (Å²) in [6, 6.07) is 0.531. The van der Waals surface area contributed by atoms with Gasteiger partial charge in [-0.25, -0.2) is 0 Å². The lowest BCUT2D eigenvalue weighted by molar-refractivity contribution is 0.0508. The maximum Gasteiger partial charge on any atom is 0.0701 e. The summed E-state index contributed by atoms with van der Waals surface area (Å²) >= 11 is 0. The first-order chi connectivity index (χ1) is 6.77. The summed E-state index contributed by atoms with van der Waals surface area (Å²) in [5, 5.41) is 6.21. The van der Waals surface area contributed by atoms with Gasteiger partial charge in [-0.2, -0.15) is 0 Å². The largest absolute Gasteiger partial charge is 0.378 e. The smallest absolute Gasteiger partial charge is 0.0701 e. The molecule has 0 amide bonds. The first kappa shape index (κ1) is 14.3. The van der Waals surface area contributed by atoms with E-state index >= 15 is 0 Å². The SMILES string of the molecule is CC(C)NCCOCCOCCNP. The minimum atomic E-state index is 0.531. The molecule has 1 unspecified atom stereocenters. The third-order valence-electron chi connectivity index (χ3n) is 1.56. The fourth-order valence-corrected chi connectivity index (χ4v) is 0.991. The van der Waals surface area contributed by atoms with Crippen LogP contribution in [0.4, 0.5) is 0 Å². The van der Waals surface area contributed by atoms with E-state index in [1.165, 1.54) is 0 Å². The Balaban J connectivity index is 2.85. The summed E-state index contributed by atoms with van der Waals surface area (Å²) in [6.07, 6.45) is 0. The normalized spacial score (nSPS) is 11.1. The molecule has 0 aliphatic heterocycles. The van der Waals surface area contributed by atoms with Crippen LogP contribution in [0.5, 0.6) is 0 Å². The molecule has 0 radical (unpaired) electrons. The molecular formula is C9H23N2O2P. The van der Waals surface area contributed by atoms with Crippen LogP contribution >= 0.6 is 9.39 Å². The van der Waals surface area contributed by atoms with Gasteiger partial charge in [0.05, 0.1) is 26.4 Å². The van der Waals surface area contributed by atoms with Gasteiger partial charge in [0, 0.05) is 19.1 Å². The van der Waals surface area contributed by atoms with E-state index < -0.39 is 0 Å². The molecule has 1 atom stereocenters. The molecule has 0 rings (SSSR count). The van der Waals surface area contributed by atoms with Gasteiger partial charge in [0.2, 0.25) is 0 Å². The minimum Gasteiger partial charge on any atom is -0.378 e. The van der Waals surface area contributed by atoms with E-state index in [-0.39, 0.29) is 0 Å². The second kappa shape index (κ2) is 11.3. The van der Waals surface area contributed by atoms with Crippen molar-refractivity contribution in [2.75, 3.05) is 39.5 Å². The maximum atomic E-state index is 5.35. The zero-order valence-electron chi connectivity index (χ0n) is 9.21. The molecule has 14 heavy (non-hydrogen) atoms. The average molecular weight is 222 g/mol. The average Bonchev–Trinajstić information content (AvgIpc) is 2.15. The van der Waals surface area contributed by atoms with Crippen molar-refractivity contribution in [1.82, 2.24) is 10.4 Å². The van der Waals surface area contributed by atoms with Crippen molar-refractivity contribution in [2.24, 2.45) is 0 Å². The predicted molar refractivity (Wildman–Crippen MR) is 62.5 cm³/mol. The van der Waals surface area contributed by atoms with E-state index in [1.54, 1.807) is 0 Å². The Bertz CT molecular complexity index is 115. The lowest BCUT2D eigenvalue weighted by atomic mass is 10.4. The third-order valence-corrected chi connectivity index (χ3v) is 1.85. The van der Waals surface area contributed by atoms with E-state index in [0.717, 1.165) is 26.3 Å². The zero-order valence-corrected chi connectivity index (χ0v) is 10.4. The molecule has 0 aromatic heterocycles. The van der Waals surface area contributed by atoms with Gasteiger partial charge in [-0.1, -0.05) is 23.2 Å². The van der Waals surface area contributed by atoms with E-state index in [2.05, 4.69) is 33.6 Å². The third kappa shape index (κ3) is 12.3. The van der Waals surface area contributed by atoms with E-state index in [0.29, 0.717) is 19.3 Å². The lowest BCUT2D eigenvalue weighted by Crippen LogP contribution is -2.27. The Morgan fingerprint density at radius 2 is 1.57 bits per heavy atom. The fraction of sp³-hybridized carbons (Fsp3) is 1.00. The van der Waals surface area contributed by atoms with Crippen LogP contribution in [0.25, 0.3) is 0 Å². The molecule has 0 saturated carbocycles. The molecule has 0 aromatic rings. The van der Waals surface area contributed by atoms with Crippen LogP contribution in [0, 0.1) is 0 Å². The molecule has 0 aliphatic carbocycles. The van der Waals surface area contributed by atoms with Crippen molar-refractivity contribution in [2.45, 2.75) is 19.9 Å². The fourth-order valence-electron chi connectivity index (χ4n) is 0.873. The van der Waals surface area contributed by atoms with Crippen LogP contribution in [-0.4, -0.2) is 45.6 Å². The highest BCUT2D eigenvalue weighted by Crippen LogP contribution is 1.80. The second-order valence-corrected chi connectivity index (χ2v) is 3.70. The molecule has 0 aliphatic rings. The Labute approximate surface area is 89.4 Å². The van der Waals surface area contributed by atoms with Crippen molar-refractivity contribution in [3.8, 4) is 0 Å². The number of hydrogen-bond acceptors (Lipinski definition) is 4. The molecule has 5 heteroatoms. The summed E-state index contributed by atoms with van der Waals surface area (Å²) in [6.45, 7) is 8.85. The summed E-state index contributed by atoms with van der Waals surface area (Å²) in [7, 11) is 2.44. The first-order valence-electron chi connectivity index (χ1n) is 5.09. The maximum absolute atomic E-state index is 5.35. The summed E-state index contributed by atoms with van der Waals surface area (Å²) in [4.78, 5) is 0. The molecule has 0 fully saturated rings.